The van der Waals surface area contributed by atoms with Gasteiger partial charge in [0, 0.05) is 61.9 Å². The summed E-state index contributed by atoms with van der Waals surface area (Å²) in [5.74, 6) is 0.946. The van der Waals surface area contributed by atoms with Gasteiger partial charge < -0.3 is 14.7 Å². The molecule has 0 spiro atoms. The molecule has 3 rings (SSSR count). The standard InChI is InChI=1S/C19H25Cl2N5O/c1-2-22-19(23-8-6-16-17(20)4-3-5-18(16)21)26-11-9-25(10-12-26)14-15-7-13-27-24-15/h3-5,7,13H,2,6,8-12,14H2,1H3,(H,22,23). The van der Waals surface area contributed by atoms with Gasteiger partial charge in [-0.2, -0.15) is 0 Å². The van der Waals surface area contributed by atoms with Crippen molar-refractivity contribution in [3.63, 3.8) is 0 Å². The third kappa shape index (κ3) is 5.61. The molecule has 0 unspecified atom stereocenters. The molecule has 0 amide bonds. The van der Waals surface area contributed by atoms with Gasteiger partial charge in [-0.15, -0.1) is 0 Å². The number of hydrogen-bond acceptors (Lipinski definition) is 4. The van der Waals surface area contributed by atoms with Crippen LogP contribution in [0.25, 0.3) is 0 Å². The lowest BCUT2D eigenvalue weighted by Crippen LogP contribution is -2.52. The summed E-state index contributed by atoms with van der Waals surface area (Å²) in [6, 6.07) is 7.51. The lowest BCUT2D eigenvalue weighted by Gasteiger charge is -2.36. The fourth-order valence-electron chi connectivity index (χ4n) is 3.14. The van der Waals surface area contributed by atoms with E-state index in [9.17, 15) is 0 Å². The van der Waals surface area contributed by atoms with Crippen LogP contribution in [-0.4, -0.2) is 60.2 Å². The van der Waals surface area contributed by atoms with E-state index in [4.69, 9.17) is 32.7 Å². The first kappa shape index (κ1) is 20.0. The number of aromatic nitrogens is 1. The number of piperazine rings is 1. The van der Waals surface area contributed by atoms with Crippen molar-refractivity contribution in [1.29, 1.82) is 0 Å². The van der Waals surface area contributed by atoms with E-state index in [1.165, 1.54) is 0 Å². The Hall–Kier alpha value is -1.76. The molecule has 1 aromatic carbocycles. The molecule has 1 aliphatic heterocycles. The minimum absolute atomic E-state index is 0.644. The van der Waals surface area contributed by atoms with Gasteiger partial charge >= 0.3 is 0 Å². The zero-order chi connectivity index (χ0) is 19.1. The lowest BCUT2D eigenvalue weighted by molar-refractivity contribution is 0.169. The van der Waals surface area contributed by atoms with Crippen LogP contribution in [0.15, 0.2) is 40.0 Å². The summed E-state index contributed by atoms with van der Waals surface area (Å²) >= 11 is 12.5. The Morgan fingerprint density at radius 3 is 2.56 bits per heavy atom. The van der Waals surface area contributed by atoms with Crippen molar-refractivity contribution >= 4 is 29.2 Å². The van der Waals surface area contributed by atoms with Crippen LogP contribution in [0.1, 0.15) is 18.2 Å². The van der Waals surface area contributed by atoms with Gasteiger partial charge in [0.15, 0.2) is 5.96 Å². The third-order valence-electron chi connectivity index (χ3n) is 4.57. The maximum absolute atomic E-state index is 6.25. The molecular formula is C19H25Cl2N5O. The number of nitrogens with zero attached hydrogens (tertiary/aromatic N) is 4. The van der Waals surface area contributed by atoms with E-state index in [2.05, 4.69) is 27.2 Å². The van der Waals surface area contributed by atoms with Crippen molar-refractivity contribution < 1.29 is 4.52 Å². The van der Waals surface area contributed by atoms with Gasteiger partial charge in [0.05, 0.1) is 5.69 Å². The molecule has 0 aliphatic carbocycles. The largest absolute Gasteiger partial charge is 0.364 e. The van der Waals surface area contributed by atoms with Gasteiger partial charge in [-0.1, -0.05) is 34.4 Å². The highest BCUT2D eigenvalue weighted by Crippen LogP contribution is 2.24. The second-order valence-electron chi connectivity index (χ2n) is 6.44. The topological polar surface area (TPSA) is 56.9 Å². The van der Waals surface area contributed by atoms with Crippen molar-refractivity contribution in [1.82, 2.24) is 20.3 Å². The average Bonchev–Trinajstić information content (AvgIpc) is 3.17. The van der Waals surface area contributed by atoms with Gasteiger partial charge in [0.25, 0.3) is 0 Å². The van der Waals surface area contributed by atoms with Crippen molar-refractivity contribution in [3.05, 3.63) is 51.8 Å². The molecule has 146 valence electrons. The Balaban J connectivity index is 1.54. The summed E-state index contributed by atoms with van der Waals surface area (Å²) in [4.78, 5) is 9.46. The molecule has 1 N–H and O–H groups in total. The zero-order valence-corrected chi connectivity index (χ0v) is 17.0. The Labute approximate surface area is 170 Å². The monoisotopic (exact) mass is 409 g/mol. The number of guanidine groups is 1. The number of halogens is 2. The molecule has 2 heterocycles. The Morgan fingerprint density at radius 2 is 1.93 bits per heavy atom. The quantitative estimate of drug-likeness (QED) is 0.585. The average molecular weight is 410 g/mol. The minimum atomic E-state index is 0.644. The highest BCUT2D eigenvalue weighted by atomic mass is 35.5. The second-order valence-corrected chi connectivity index (χ2v) is 7.25. The van der Waals surface area contributed by atoms with Gasteiger partial charge in [0.2, 0.25) is 0 Å². The van der Waals surface area contributed by atoms with E-state index < -0.39 is 0 Å². The summed E-state index contributed by atoms with van der Waals surface area (Å²) in [5, 5.41) is 8.78. The predicted molar refractivity (Wildman–Crippen MR) is 109 cm³/mol. The molecule has 2 aromatic rings. The van der Waals surface area contributed by atoms with Gasteiger partial charge in [0.1, 0.15) is 6.26 Å². The molecule has 8 heteroatoms. The first-order valence-electron chi connectivity index (χ1n) is 9.25. The maximum Gasteiger partial charge on any atom is 0.194 e. The Morgan fingerprint density at radius 1 is 1.19 bits per heavy atom. The first-order chi connectivity index (χ1) is 13.2. The lowest BCUT2D eigenvalue weighted by atomic mass is 10.1. The number of rotatable bonds is 6. The fraction of sp³-hybridized carbons (Fsp3) is 0.474. The van der Waals surface area contributed by atoms with Crippen LogP contribution in [0.4, 0.5) is 0 Å². The summed E-state index contributed by atoms with van der Waals surface area (Å²) in [5.41, 5.74) is 1.93. The maximum atomic E-state index is 6.25. The highest BCUT2D eigenvalue weighted by Gasteiger charge is 2.20. The molecule has 1 aliphatic rings. The predicted octanol–water partition coefficient (Wildman–Crippen LogP) is 3.31. The number of benzene rings is 1. The van der Waals surface area contributed by atoms with Gasteiger partial charge in [-0.3, -0.25) is 9.89 Å². The molecule has 1 saturated heterocycles. The molecule has 1 aromatic heterocycles. The van der Waals surface area contributed by atoms with E-state index in [-0.39, 0.29) is 0 Å². The van der Waals surface area contributed by atoms with E-state index >= 15 is 0 Å². The van der Waals surface area contributed by atoms with E-state index in [0.29, 0.717) is 16.6 Å². The molecule has 27 heavy (non-hydrogen) atoms. The molecule has 0 radical (unpaired) electrons. The second kappa shape index (κ2) is 9.97. The number of aliphatic imine (C=N–C) groups is 1. The van der Waals surface area contributed by atoms with Crippen molar-refractivity contribution in [2.45, 2.75) is 19.9 Å². The molecule has 6 nitrogen and oxygen atoms in total. The molecular weight excluding hydrogens is 385 g/mol. The van der Waals surface area contributed by atoms with Crippen LogP contribution in [0.5, 0.6) is 0 Å². The van der Waals surface area contributed by atoms with Crippen molar-refractivity contribution in [2.24, 2.45) is 4.99 Å². The zero-order valence-electron chi connectivity index (χ0n) is 15.5. The molecule has 0 saturated carbocycles. The summed E-state index contributed by atoms with van der Waals surface area (Å²) < 4.78 is 4.91. The van der Waals surface area contributed by atoms with Crippen molar-refractivity contribution in [3.8, 4) is 0 Å². The van der Waals surface area contributed by atoms with Gasteiger partial charge in [-0.05, 0) is 31.0 Å². The van der Waals surface area contributed by atoms with Crippen LogP contribution in [0, 0.1) is 0 Å². The Kier molecular flexibility index (Phi) is 7.38. The van der Waals surface area contributed by atoms with Crippen LogP contribution in [-0.2, 0) is 13.0 Å². The highest BCUT2D eigenvalue weighted by molar-refractivity contribution is 6.35. The fourth-order valence-corrected chi connectivity index (χ4v) is 3.72. The van der Waals surface area contributed by atoms with Crippen molar-refractivity contribution in [2.75, 3.05) is 39.3 Å². The molecule has 0 atom stereocenters. The summed E-state index contributed by atoms with van der Waals surface area (Å²) in [6.07, 6.45) is 2.34. The van der Waals surface area contributed by atoms with E-state index in [1.54, 1.807) is 6.26 Å². The smallest absolute Gasteiger partial charge is 0.194 e. The summed E-state index contributed by atoms with van der Waals surface area (Å²) in [6.45, 7) is 8.17. The Bertz CT molecular complexity index is 722. The van der Waals surface area contributed by atoms with Crippen LogP contribution in [0.2, 0.25) is 10.0 Å². The number of hydrogen-bond donors (Lipinski definition) is 1. The molecule has 0 bridgehead atoms. The molecule has 1 fully saturated rings. The third-order valence-corrected chi connectivity index (χ3v) is 5.28. The summed E-state index contributed by atoms with van der Waals surface area (Å²) in [7, 11) is 0. The van der Waals surface area contributed by atoms with Gasteiger partial charge in [-0.25, -0.2) is 0 Å². The minimum Gasteiger partial charge on any atom is -0.364 e. The van der Waals surface area contributed by atoms with Crippen LogP contribution in [0.3, 0.4) is 0 Å². The first-order valence-corrected chi connectivity index (χ1v) is 10.0. The van der Waals surface area contributed by atoms with Crippen LogP contribution < -0.4 is 5.32 Å². The van der Waals surface area contributed by atoms with E-state index in [0.717, 1.165) is 62.9 Å². The normalized spacial score (nSPS) is 16.0. The SMILES string of the molecule is CCNC(=NCCc1c(Cl)cccc1Cl)N1CCN(Cc2ccon2)CC1. The number of nitrogens with one attached hydrogen (secondary N) is 1. The van der Waals surface area contributed by atoms with Crippen LogP contribution >= 0.6 is 23.2 Å². The van der Waals surface area contributed by atoms with E-state index in [1.807, 2.05) is 24.3 Å².